The number of hydrogen-bond donors (Lipinski definition) is 1. The van der Waals surface area contributed by atoms with Gasteiger partial charge in [-0.15, -0.1) is 0 Å². The molecule has 1 amide bonds. The molecule has 1 saturated heterocycles. The Morgan fingerprint density at radius 3 is 2.97 bits per heavy atom. The number of nitriles is 1. The third kappa shape index (κ3) is 3.51. The molecular weight excluding hydrogens is 396 g/mol. The average molecular weight is 417 g/mol. The average Bonchev–Trinajstić information content (AvgIpc) is 3.19. The number of rotatable bonds is 4. The van der Waals surface area contributed by atoms with E-state index in [2.05, 4.69) is 29.0 Å². The van der Waals surface area contributed by atoms with Crippen molar-refractivity contribution in [1.82, 2.24) is 9.88 Å². The third-order valence-corrected chi connectivity index (χ3v) is 6.15. The standard InChI is InChI=1S/C24H21ClN4O/c1-3-23(30)29-10-9-24(15-29,20-5-4-6-21(25)16(20)2)28-19-8-7-18-11-17(13-26)14-27-22(18)12-19/h3-8,11-12,14,28H,1,9-10,15H2,2H3. The molecule has 1 atom stereocenters. The lowest BCUT2D eigenvalue weighted by Crippen LogP contribution is -2.40. The largest absolute Gasteiger partial charge is 0.374 e. The van der Waals surface area contributed by atoms with Gasteiger partial charge in [0.1, 0.15) is 6.07 Å². The van der Waals surface area contributed by atoms with Crippen LogP contribution >= 0.6 is 11.6 Å². The summed E-state index contributed by atoms with van der Waals surface area (Å²) in [5, 5.41) is 14.4. The molecule has 5 nitrogen and oxygen atoms in total. The van der Waals surface area contributed by atoms with Crippen LogP contribution in [-0.2, 0) is 10.3 Å². The van der Waals surface area contributed by atoms with Crippen molar-refractivity contribution in [2.24, 2.45) is 0 Å². The van der Waals surface area contributed by atoms with Gasteiger partial charge in [-0.3, -0.25) is 9.78 Å². The second kappa shape index (κ2) is 7.81. The zero-order valence-corrected chi connectivity index (χ0v) is 17.4. The van der Waals surface area contributed by atoms with Crippen molar-refractivity contribution < 1.29 is 4.79 Å². The maximum atomic E-state index is 12.3. The molecule has 2 aromatic carbocycles. The van der Waals surface area contributed by atoms with Crippen LogP contribution in [0.25, 0.3) is 10.9 Å². The molecule has 0 saturated carbocycles. The summed E-state index contributed by atoms with van der Waals surface area (Å²) in [7, 11) is 0. The van der Waals surface area contributed by atoms with Gasteiger partial charge in [-0.1, -0.05) is 36.4 Å². The van der Waals surface area contributed by atoms with Crippen LogP contribution in [0.2, 0.25) is 5.02 Å². The van der Waals surface area contributed by atoms with Crippen LogP contribution in [0, 0.1) is 18.3 Å². The van der Waals surface area contributed by atoms with Gasteiger partial charge in [0.2, 0.25) is 5.91 Å². The van der Waals surface area contributed by atoms with Gasteiger partial charge in [-0.25, -0.2) is 0 Å². The van der Waals surface area contributed by atoms with E-state index in [0.717, 1.165) is 34.1 Å². The van der Waals surface area contributed by atoms with Crippen LogP contribution in [0.5, 0.6) is 0 Å². The van der Waals surface area contributed by atoms with Crippen molar-refractivity contribution in [3.05, 3.63) is 83.0 Å². The van der Waals surface area contributed by atoms with Crippen LogP contribution < -0.4 is 5.32 Å². The van der Waals surface area contributed by atoms with E-state index in [-0.39, 0.29) is 5.91 Å². The van der Waals surface area contributed by atoms with Crippen molar-refractivity contribution >= 4 is 34.1 Å². The number of carbonyl (C=O) groups excluding carboxylic acids is 1. The second-order valence-electron chi connectivity index (χ2n) is 7.58. The zero-order valence-electron chi connectivity index (χ0n) is 16.7. The normalized spacial score (nSPS) is 18.2. The molecule has 0 bridgehead atoms. The van der Waals surface area contributed by atoms with Crippen molar-refractivity contribution in [2.45, 2.75) is 18.9 Å². The number of pyridine rings is 1. The van der Waals surface area contributed by atoms with E-state index in [9.17, 15) is 4.79 Å². The molecule has 6 heteroatoms. The van der Waals surface area contributed by atoms with Gasteiger partial charge >= 0.3 is 0 Å². The quantitative estimate of drug-likeness (QED) is 0.620. The number of amides is 1. The lowest BCUT2D eigenvalue weighted by Gasteiger charge is -2.34. The molecule has 0 radical (unpaired) electrons. The highest BCUT2D eigenvalue weighted by Gasteiger charge is 2.42. The first-order valence-electron chi connectivity index (χ1n) is 9.71. The maximum Gasteiger partial charge on any atom is 0.246 e. The van der Waals surface area contributed by atoms with Crippen molar-refractivity contribution in [1.29, 1.82) is 5.26 Å². The van der Waals surface area contributed by atoms with Crippen LogP contribution in [-0.4, -0.2) is 28.9 Å². The number of anilines is 1. The summed E-state index contributed by atoms with van der Waals surface area (Å²) < 4.78 is 0. The smallest absolute Gasteiger partial charge is 0.246 e. The third-order valence-electron chi connectivity index (χ3n) is 5.74. The van der Waals surface area contributed by atoms with Gasteiger partial charge in [-0.2, -0.15) is 5.26 Å². The van der Waals surface area contributed by atoms with Crippen LogP contribution in [0.3, 0.4) is 0 Å². The Kier molecular flexibility index (Phi) is 5.19. The molecule has 1 unspecified atom stereocenters. The highest BCUT2D eigenvalue weighted by Crippen LogP contribution is 2.39. The molecule has 4 rings (SSSR count). The second-order valence-corrected chi connectivity index (χ2v) is 7.98. The Morgan fingerprint density at radius 2 is 2.20 bits per heavy atom. The molecule has 0 spiro atoms. The van der Waals surface area contributed by atoms with Gasteiger partial charge in [-0.05, 0) is 54.8 Å². The number of halogens is 1. The Labute approximate surface area is 180 Å². The van der Waals surface area contributed by atoms with E-state index in [1.165, 1.54) is 6.08 Å². The molecule has 1 aliphatic heterocycles. The fraction of sp³-hybridized carbons (Fsp3) is 0.208. The number of benzene rings is 2. The molecular formula is C24H21ClN4O. The van der Waals surface area contributed by atoms with Gasteiger partial charge in [0.25, 0.3) is 0 Å². The number of hydrogen-bond acceptors (Lipinski definition) is 4. The van der Waals surface area contributed by atoms with Gasteiger partial charge in [0.15, 0.2) is 0 Å². The van der Waals surface area contributed by atoms with Crippen LogP contribution in [0.15, 0.2) is 61.3 Å². The predicted molar refractivity (Wildman–Crippen MR) is 119 cm³/mol. The monoisotopic (exact) mass is 416 g/mol. The van der Waals surface area contributed by atoms with Gasteiger partial charge in [0, 0.05) is 35.4 Å². The van der Waals surface area contributed by atoms with Gasteiger partial charge in [0.05, 0.1) is 16.6 Å². The number of fused-ring (bicyclic) bond motifs is 1. The Bertz CT molecular complexity index is 1200. The predicted octanol–water partition coefficient (Wildman–Crippen LogP) is 4.79. The first-order chi connectivity index (χ1) is 14.5. The Balaban J connectivity index is 1.76. The Morgan fingerprint density at radius 1 is 1.37 bits per heavy atom. The summed E-state index contributed by atoms with van der Waals surface area (Å²) in [6.45, 7) is 6.77. The molecule has 30 heavy (non-hydrogen) atoms. The zero-order chi connectivity index (χ0) is 21.3. The van der Waals surface area contributed by atoms with E-state index in [4.69, 9.17) is 16.9 Å². The summed E-state index contributed by atoms with van der Waals surface area (Å²) in [5.74, 6) is -0.0810. The van der Waals surface area contributed by atoms with E-state index in [0.29, 0.717) is 23.7 Å². The topological polar surface area (TPSA) is 69.0 Å². The molecule has 0 aliphatic carbocycles. The first kappa shape index (κ1) is 19.9. The first-order valence-corrected chi connectivity index (χ1v) is 10.1. The van der Waals surface area contributed by atoms with Gasteiger partial charge < -0.3 is 10.2 Å². The molecule has 1 aliphatic rings. The maximum absolute atomic E-state index is 12.3. The Hall–Kier alpha value is -3.36. The van der Waals surface area contributed by atoms with Crippen molar-refractivity contribution in [3.63, 3.8) is 0 Å². The number of aromatic nitrogens is 1. The molecule has 1 N–H and O–H groups in total. The summed E-state index contributed by atoms with van der Waals surface area (Å²) >= 11 is 6.43. The highest BCUT2D eigenvalue weighted by atomic mass is 35.5. The van der Waals surface area contributed by atoms with Crippen LogP contribution in [0.1, 0.15) is 23.1 Å². The van der Waals surface area contributed by atoms with E-state index in [1.54, 1.807) is 11.1 Å². The summed E-state index contributed by atoms with van der Waals surface area (Å²) in [5.41, 5.74) is 3.82. The molecule has 1 fully saturated rings. The van der Waals surface area contributed by atoms with E-state index < -0.39 is 5.54 Å². The minimum Gasteiger partial charge on any atom is -0.374 e. The lowest BCUT2D eigenvalue weighted by atomic mass is 9.85. The van der Waals surface area contributed by atoms with Crippen LogP contribution in [0.4, 0.5) is 5.69 Å². The van der Waals surface area contributed by atoms with E-state index in [1.807, 2.05) is 43.3 Å². The fourth-order valence-electron chi connectivity index (χ4n) is 4.18. The minimum absolute atomic E-state index is 0.0810. The molecule has 1 aromatic heterocycles. The molecule has 2 heterocycles. The number of nitrogens with zero attached hydrogens (tertiary/aromatic N) is 3. The SMILES string of the molecule is C=CC(=O)N1CCC(Nc2ccc3cc(C#N)cnc3c2)(c2cccc(Cl)c2C)C1. The summed E-state index contributed by atoms with van der Waals surface area (Å²) in [6, 6.07) is 15.7. The lowest BCUT2D eigenvalue weighted by molar-refractivity contribution is -0.125. The van der Waals surface area contributed by atoms with Crippen molar-refractivity contribution in [3.8, 4) is 6.07 Å². The number of nitrogens with one attached hydrogen (secondary N) is 1. The molecule has 150 valence electrons. The minimum atomic E-state index is -0.478. The van der Waals surface area contributed by atoms with Crippen molar-refractivity contribution in [2.75, 3.05) is 18.4 Å². The van der Waals surface area contributed by atoms with E-state index >= 15 is 0 Å². The number of likely N-dealkylation sites (tertiary alicyclic amines) is 1. The summed E-state index contributed by atoms with van der Waals surface area (Å²) in [6.07, 6.45) is 3.67. The highest BCUT2D eigenvalue weighted by molar-refractivity contribution is 6.31. The number of carbonyl (C=O) groups is 1. The molecule has 3 aromatic rings. The fourth-order valence-corrected chi connectivity index (χ4v) is 4.35. The summed E-state index contributed by atoms with van der Waals surface area (Å²) in [4.78, 5) is 18.5.